The van der Waals surface area contributed by atoms with E-state index in [-0.39, 0.29) is 16.4 Å². The third kappa shape index (κ3) is 5.65. The van der Waals surface area contributed by atoms with E-state index in [0.717, 1.165) is 17.1 Å². The molecule has 0 saturated heterocycles. The number of rotatable bonds is 8. The maximum Gasteiger partial charge on any atom is 0.338 e. The van der Waals surface area contributed by atoms with E-state index >= 15 is 0 Å². The molecule has 0 aliphatic rings. The highest BCUT2D eigenvalue weighted by molar-refractivity contribution is 7.89. The van der Waals surface area contributed by atoms with Gasteiger partial charge in [-0.2, -0.15) is 0 Å². The number of sulfonamides is 1. The molecule has 7 nitrogen and oxygen atoms in total. The Hall–Kier alpha value is -1.93. The molecule has 0 fully saturated rings. The van der Waals surface area contributed by atoms with Crippen LogP contribution in [0.2, 0.25) is 0 Å². The summed E-state index contributed by atoms with van der Waals surface area (Å²) in [6.07, 6.45) is 1.80. The summed E-state index contributed by atoms with van der Waals surface area (Å²) >= 11 is 0. The van der Waals surface area contributed by atoms with E-state index < -0.39 is 22.6 Å². The fourth-order valence-electron chi connectivity index (χ4n) is 1.66. The van der Waals surface area contributed by atoms with Gasteiger partial charge in [0.25, 0.3) is 5.91 Å². The van der Waals surface area contributed by atoms with Gasteiger partial charge in [0.05, 0.1) is 10.5 Å². The molecule has 8 heteroatoms. The average Bonchev–Trinajstić information content (AvgIpc) is 2.52. The minimum Gasteiger partial charge on any atom is -0.452 e. The predicted molar refractivity (Wildman–Crippen MR) is 85.5 cm³/mol. The molecule has 128 valence electrons. The zero-order chi connectivity index (χ0) is 17.5. The van der Waals surface area contributed by atoms with Crippen LogP contribution in [0.1, 0.15) is 30.1 Å². The molecule has 0 aromatic heterocycles. The van der Waals surface area contributed by atoms with Crippen molar-refractivity contribution in [2.75, 3.05) is 27.2 Å². The zero-order valence-electron chi connectivity index (χ0n) is 13.5. The molecule has 0 atom stereocenters. The van der Waals surface area contributed by atoms with Crippen molar-refractivity contribution in [3.8, 4) is 0 Å². The van der Waals surface area contributed by atoms with Crippen LogP contribution in [0, 0.1) is 0 Å². The van der Waals surface area contributed by atoms with Gasteiger partial charge in [-0.1, -0.05) is 19.4 Å². The summed E-state index contributed by atoms with van der Waals surface area (Å²) in [7, 11) is -0.825. The quantitative estimate of drug-likeness (QED) is 0.562. The van der Waals surface area contributed by atoms with Gasteiger partial charge in [0.15, 0.2) is 6.61 Å². The van der Waals surface area contributed by atoms with Crippen LogP contribution >= 0.6 is 0 Å². The fraction of sp³-hybridized carbons (Fsp3) is 0.467. The SMILES string of the molecule is CCCCNC(=O)COC(=O)c1cccc(S(=O)(=O)N(C)C)c1. The van der Waals surface area contributed by atoms with Crippen molar-refractivity contribution in [1.82, 2.24) is 9.62 Å². The third-order valence-corrected chi connectivity index (χ3v) is 4.85. The Morgan fingerprint density at radius 1 is 1.26 bits per heavy atom. The second-order valence-corrected chi connectivity index (χ2v) is 7.25. The summed E-state index contributed by atoms with van der Waals surface area (Å²) in [5, 5.41) is 2.62. The Labute approximate surface area is 136 Å². The number of unbranched alkanes of at least 4 members (excludes halogenated alkanes) is 1. The van der Waals surface area contributed by atoms with E-state index in [1.165, 1.54) is 38.4 Å². The number of amides is 1. The lowest BCUT2D eigenvalue weighted by atomic mass is 10.2. The lowest BCUT2D eigenvalue weighted by Crippen LogP contribution is -2.29. The molecule has 1 aromatic carbocycles. The van der Waals surface area contributed by atoms with Gasteiger partial charge in [-0.25, -0.2) is 17.5 Å². The Morgan fingerprint density at radius 2 is 1.96 bits per heavy atom. The molecule has 1 amide bonds. The van der Waals surface area contributed by atoms with Crippen LogP contribution in [0.5, 0.6) is 0 Å². The molecule has 1 N–H and O–H groups in total. The van der Waals surface area contributed by atoms with E-state index in [1.807, 2.05) is 6.92 Å². The van der Waals surface area contributed by atoms with Gasteiger partial charge in [-0.15, -0.1) is 0 Å². The zero-order valence-corrected chi connectivity index (χ0v) is 14.4. The van der Waals surface area contributed by atoms with Crippen molar-refractivity contribution in [3.05, 3.63) is 29.8 Å². The number of nitrogens with zero attached hydrogens (tertiary/aromatic N) is 1. The van der Waals surface area contributed by atoms with Gasteiger partial charge in [-0.3, -0.25) is 4.79 Å². The minimum absolute atomic E-state index is 0.00986. The number of carbonyl (C=O) groups excluding carboxylic acids is 2. The smallest absolute Gasteiger partial charge is 0.338 e. The van der Waals surface area contributed by atoms with Crippen molar-refractivity contribution in [1.29, 1.82) is 0 Å². The maximum atomic E-state index is 12.0. The monoisotopic (exact) mass is 342 g/mol. The first-order valence-corrected chi connectivity index (χ1v) is 8.69. The van der Waals surface area contributed by atoms with E-state index in [9.17, 15) is 18.0 Å². The Bertz CT molecular complexity index is 656. The van der Waals surface area contributed by atoms with Crippen LogP contribution < -0.4 is 5.32 Å². The van der Waals surface area contributed by atoms with Gasteiger partial charge in [0, 0.05) is 20.6 Å². The molecule has 1 rings (SSSR count). The van der Waals surface area contributed by atoms with Crippen LogP contribution in [-0.2, 0) is 19.6 Å². The standard InChI is InChI=1S/C15H22N2O5S/c1-4-5-9-16-14(18)11-22-15(19)12-7-6-8-13(10-12)23(20,21)17(2)3/h6-8,10H,4-5,9,11H2,1-3H3,(H,16,18). The lowest BCUT2D eigenvalue weighted by Gasteiger charge is -2.12. The molecule has 23 heavy (non-hydrogen) atoms. The van der Waals surface area contributed by atoms with Crippen LogP contribution in [0.15, 0.2) is 29.2 Å². The summed E-state index contributed by atoms with van der Waals surface area (Å²) in [5.41, 5.74) is 0.0780. The van der Waals surface area contributed by atoms with Gasteiger partial charge < -0.3 is 10.1 Å². The molecule has 0 saturated carbocycles. The van der Waals surface area contributed by atoms with E-state index in [2.05, 4.69) is 5.32 Å². The summed E-state index contributed by atoms with van der Waals surface area (Å²) in [5.74, 6) is -1.13. The molecule has 0 spiro atoms. The van der Waals surface area contributed by atoms with Crippen LogP contribution in [0.25, 0.3) is 0 Å². The summed E-state index contributed by atoms with van der Waals surface area (Å²) in [4.78, 5) is 23.4. The Morgan fingerprint density at radius 3 is 2.57 bits per heavy atom. The lowest BCUT2D eigenvalue weighted by molar-refractivity contribution is -0.124. The van der Waals surface area contributed by atoms with E-state index in [1.54, 1.807) is 0 Å². The second kappa shape index (κ2) is 8.64. The number of esters is 1. The molecule has 0 aliphatic heterocycles. The topological polar surface area (TPSA) is 92.8 Å². The average molecular weight is 342 g/mol. The largest absolute Gasteiger partial charge is 0.452 e. The molecular weight excluding hydrogens is 320 g/mol. The van der Waals surface area contributed by atoms with Gasteiger partial charge in [0.1, 0.15) is 0 Å². The first-order chi connectivity index (χ1) is 10.8. The Kier molecular flexibility index (Phi) is 7.18. The van der Waals surface area contributed by atoms with Crippen molar-refractivity contribution in [2.24, 2.45) is 0 Å². The number of nitrogens with one attached hydrogen (secondary N) is 1. The van der Waals surface area contributed by atoms with Crippen molar-refractivity contribution in [2.45, 2.75) is 24.7 Å². The predicted octanol–water partition coefficient (Wildman–Crippen LogP) is 1.01. The van der Waals surface area contributed by atoms with Crippen molar-refractivity contribution < 1.29 is 22.7 Å². The minimum atomic E-state index is -3.63. The number of hydrogen-bond acceptors (Lipinski definition) is 5. The Balaban J connectivity index is 2.69. The van der Waals surface area contributed by atoms with Crippen molar-refractivity contribution >= 4 is 21.9 Å². The van der Waals surface area contributed by atoms with Crippen molar-refractivity contribution in [3.63, 3.8) is 0 Å². The summed E-state index contributed by atoms with van der Waals surface area (Å²) < 4.78 is 30.0. The fourth-order valence-corrected chi connectivity index (χ4v) is 2.61. The van der Waals surface area contributed by atoms with E-state index in [4.69, 9.17) is 4.74 Å². The van der Waals surface area contributed by atoms with E-state index in [0.29, 0.717) is 6.54 Å². The third-order valence-electron chi connectivity index (χ3n) is 3.04. The maximum absolute atomic E-state index is 12.0. The van der Waals surface area contributed by atoms with Gasteiger partial charge in [0.2, 0.25) is 10.0 Å². The molecule has 0 radical (unpaired) electrons. The highest BCUT2D eigenvalue weighted by Gasteiger charge is 2.19. The summed E-state index contributed by atoms with van der Waals surface area (Å²) in [6.45, 7) is 2.14. The second-order valence-electron chi connectivity index (χ2n) is 5.09. The van der Waals surface area contributed by atoms with Crippen LogP contribution in [0.3, 0.4) is 0 Å². The molecular formula is C15H22N2O5S. The van der Waals surface area contributed by atoms with Crippen LogP contribution in [-0.4, -0.2) is 51.8 Å². The molecule has 0 unspecified atom stereocenters. The van der Waals surface area contributed by atoms with Crippen LogP contribution in [0.4, 0.5) is 0 Å². The number of ether oxygens (including phenoxy) is 1. The molecule has 1 aromatic rings. The number of hydrogen-bond donors (Lipinski definition) is 1. The highest BCUT2D eigenvalue weighted by atomic mass is 32.2. The highest BCUT2D eigenvalue weighted by Crippen LogP contribution is 2.15. The first-order valence-electron chi connectivity index (χ1n) is 7.25. The number of carbonyl (C=O) groups is 2. The first kappa shape index (κ1) is 19.1. The molecule has 0 bridgehead atoms. The molecule has 0 heterocycles. The molecule has 0 aliphatic carbocycles. The number of benzene rings is 1. The normalized spacial score (nSPS) is 11.3. The van der Waals surface area contributed by atoms with Gasteiger partial charge in [-0.05, 0) is 24.6 Å². The van der Waals surface area contributed by atoms with Gasteiger partial charge >= 0.3 is 5.97 Å². The summed E-state index contributed by atoms with van der Waals surface area (Å²) in [6, 6.07) is 5.51.